The molecule has 0 bridgehead atoms. The van der Waals surface area contributed by atoms with Crippen LogP contribution in [0, 0.1) is 0 Å². The number of carbonyl (C=O) groups is 2. The summed E-state index contributed by atoms with van der Waals surface area (Å²) in [5, 5.41) is 3.46. The van der Waals surface area contributed by atoms with Crippen LogP contribution in [0.4, 0.5) is 0 Å². The van der Waals surface area contributed by atoms with Gasteiger partial charge in [-0.15, -0.1) is 0 Å². The summed E-state index contributed by atoms with van der Waals surface area (Å²) in [4.78, 5) is 26.1. The first kappa shape index (κ1) is 16.8. The van der Waals surface area contributed by atoms with Crippen molar-refractivity contribution in [2.24, 2.45) is 0 Å². The molecule has 1 aromatic carbocycles. The molecule has 0 aromatic heterocycles. The van der Waals surface area contributed by atoms with Gasteiger partial charge in [0.25, 0.3) is 0 Å². The van der Waals surface area contributed by atoms with E-state index in [1.165, 1.54) is 6.42 Å². The summed E-state index contributed by atoms with van der Waals surface area (Å²) in [6, 6.07) is 7.59. The summed E-state index contributed by atoms with van der Waals surface area (Å²) in [6.07, 6.45) is 4.15. The smallest absolute Gasteiger partial charge is 0.232 e. The Morgan fingerprint density at radius 2 is 2.00 bits per heavy atom. The maximum Gasteiger partial charge on any atom is 0.232 e. The predicted octanol–water partition coefficient (Wildman–Crippen LogP) is 3.14. The summed E-state index contributed by atoms with van der Waals surface area (Å²) in [7, 11) is 0. The van der Waals surface area contributed by atoms with E-state index in [1.807, 2.05) is 17.0 Å². The minimum atomic E-state index is -0.222. The Balaban J connectivity index is 1.80. The topological polar surface area (TPSA) is 49.4 Å². The van der Waals surface area contributed by atoms with Gasteiger partial charge >= 0.3 is 0 Å². The quantitative estimate of drug-likeness (QED) is 0.847. The summed E-state index contributed by atoms with van der Waals surface area (Å²) in [6.45, 7) is 3.29. The van der Waals surface area contributed by atoms with Gasteiger partial charge in [-0.3, -0.25) is 9.59 Å². The fourth-order valence-corrected chi connectivity index (χ4v) is 2.98. The molecule has 1 saturated heterocycles. The van der Waals surface area contributed by atoms with Crippen LogP contribution < -0.4 is 5.32 Å². The first-order valence-corrected chi connectivity index (χ1v) is 8.28. The lowest BCUT2D eigenvalue weighted by Crippen LogP contribution is -2.45. The monoisotopic (exact) mass is 322 g/mol. The van der Waals surface area contributed by atoms with E-state index in [4.69, 9.17) is 11.6 Å². The van der Waals surface area contributed by atoms with Crippen molar-refractivity contribution in [3.05, 3.63) is 34.9 Å². The molecule has 1 N–H and O–H groups in total. The van der Waals surface area contributed by atoms with Gasteiger partial charge in [-0.25, -0.2) is 0 Å². The number of likely N-dealkylation sites (tertiary alicyclic amines) is 1. The molecule has 1 unspecified atom stereocenters. The van der Waals surface area contributed by atoms with Gasteiger partial charge in [0.05, 0.1) is 0 Å². The molecule has 22 heavy (non-hydrogen) atoms. The molecular formula is C17H23ClN2O2. The third kappa shape index (κ3) is 4.73. The van der Waals surface area contributed by atoms with Crippen LogP contribution in [0.15, 0.2) is 24.3 Å². The molecule has 0 radical (unpaired) electrons. The van der Waals surface area contributed by atoms with E-state index in [2.05, 4.69) is 12.2 Å². The maximum absolute atomic E-state index is 12.3. The molecule has 2 amide bonds. The van der Waals surface area contributed by atoms with Crippen LogP contribution in [0.1, 0.15) is 44.6 Å². The SMILES string of the molecule is CCC1CCCCN1C(=O)CC(=O)NCc1ccc(Cl)cc1. The van der Waals surface area contributed by atoms with E-state index >= 15 is 0 Å². The summed E-state index contributed by atoms with van der Waals surface area (Å²) < 4.78 is 0. The lowest BCUT2D eigenvalue weighted by Gasteiger charge is -2.35. The molecule has 2 rings (SSSR count). The molecule has 120 valence electrons. The third-order valence-corrected chi connectivity index (χ3v) is 4.39. The van der Waals surface area contributed by atoms with Gasteiger partial charge in [-0.05, 0) is 43.4 Å². The first-order chi connectivity index (χ1) is 10.6. The highest BCUT2D eigenvalue weighted by Crippen LogP contribution is 2.20. The number of amides is 2. The van der Waals surface area contributed by atoms with Crippen LogP contribution in [-0.4, -0.2) is 29.3 Å². The minimum Gasteiger partial charge on any atom is -0.352 e. The van der Waals surface area contributed by atoms with E-state index in [9.17, 15) is 9.59 Å². The first-order valence-electron chi connectivity index (χ1n) is 7.90. The van der Waals surface area contributed by atoms with Crippen molar-refractivity contribution < 1.29 is 9.59 Å². The number of halogens is 1. The van der Waals surface area contributed by atoms with E-state index in [0.717, 1.165) is 31.4 Å². The van der Waals surface area contributed by atoms with Crippen LogP contribution in [0.25, 0.3) is 0 Å². The molecular weight excluding hydrogens is 300 g/mol. The molecule has 5 heteroatoms. The van der Waals surface area contributed by atoms with Crippen LogP contribution in [0.2, 0.25) is 5.02 Å². The maximum atomic E-state index is 12.3. The van der Waals surface area contributed by atoms with Crippen LogP contribution in [0.3, 0.4) is 0 Å². The highest BCUT2D eigenvalue weighted by Gasteiger charge is 2.26. The van der Waals surface area contributed by atoms with Crippen molar-refractivity contribution >= 4 is 23.4 Å². The van der Waals surface area contributed by atoms with Gasteiger partial charge in [0.1, 0.15) is 6.42 Å². The van der Waals surface area contributed by atoms with Crippen molar-refractivity contribution in [1.29, 1.82) is 0 Å². The van der Waals surface area contributed by atoms with E-state index < -0.39 is 0 Å². The molecule has 1 aliphatic heterocycles. The Morgan fingerprint density at radius 1 is 1.27 bits per heavy atom. The number of benzene rings is 1. The van der Waals surface area contributed by atoms with Crippen molar-refractivity contribution in [2.45, 2.75) is 51.6 Å². The zero-order valence-electron chi connectivity index (χ0n) is 13.0. The highest BCUT2D eigenvalue weighted by molar-refractivity contribution is 6.30. The molecule has 0 aliphatic carbocycles. The number of nitrogens with one attached hydrogen (secondary N) is 1. The standard InChI is InChI=1S/C17H23ClN2O2/c1-2-15-5-3-4-10-20(15)17(22)11-16(21)19-12-13-6-8-14(18)9-7-13/h6-9,15H,2-5,10-12H2,1H3,(H,19,21). The fourth-order valence-electron chi connectivity index (χ4n) is 2.86. The summed E-state index contributed by atoms with van der Waals surface area (Å²) >= 11 is 5.82. The Hall–Kier alpha value is -1.55. The lowest BCUT2D eigenvalue weighted by molar-refractivity contribution is -0.139. The van der Waals surface area contributed by atoms with Crippen LogP contribution in [0.5, 0.6) is 0 Å². The van der Waals surface area contributed by atoms with E-state index in [-0.39, 0.29) is 18.2 Å². The van der Waals surface area contributed by atoms with E-state index in [0.29, 0.717) is 17.6 Å². The lowest BCUT2D eigenvalue weighted by atomic mass is 9.99. The van der Waals surface area contributed by atoms with Crippen molar-refractivity contribution in [3.63, 3.8) is 0 Å². The van der Waals surface area contributed by atoms with Gasteiger partial charge in [-0.2, -0.15) is 0 Å². The van der Waals surface area contributed by atoms with E-state index in [1.54, 1.807) is 12.1 Å². The minimum absolute atomic E-state index is 0.0554. The largest absolute Gasteiger partial charge is 0.352 e. The van der Waals surface area contributed by atoms with Crippen LogP contribution >= 0.6 is 11.6 Å². The average Bonchev–Trinajstić information content (AvgIpc) is 2.54. The average molecular weight is 323 g/mol. The summed E-state index contributed by atoms with van der Waals surface area (Å²) in [5.41, 5.74) is 0.967. The number of hydrogen-bond acceptors (Lipinski definition) is 2. The van der Waals surface area contributed by atoms with Gasteiger partial charge in [0.2, 0.25) is 11.8 Å². The van der Waals surface area contributed by atoms with Gasteiger partial charge in [-0.1, -0.05) is 30.7 Å². The molecule has 4 nitrogen and oxygen atoms in total. The Bertz CT molecular complexity index is 516. The van der Waals surface area contributed by atoms with Crippen molar-refractivity contribution in [3.8, 4) is 0 Å². The molecule has 0 spiro atoms. The van der Waals surface area contributed by atoms with Crippen molar-refractivity contribution in [1.82, 2.24) is 10.2 Å². The number of carbonyl (C=O) groups excluding carboxylic acids is 2. The third-order valence-electron chi connectivity index (χ3n) is 4.13. The normalized spacial score (nSPS) is 18.1. The van der Waals surface area contributed by atoms with Gasteiger partial charge in [0, 0.05) is 24.2 Å². The number of hydrogen-bond donors (Lipinski definition) is 1. The Labute approximate surface area is 136 Å². The zero-order valence-corrected chi connectivity index (χ0v) is 13.7. The molecule has 1 aliphatic rings. The number of nitrogens with zero attached hydrogens (tertiary/aromatic N) is 1. The molecule has 1 heterocycles. The molecule has 1 aromatic rings. The van der Waals surface area contributed by atoms with Crippen LogP contribution in [-0.2, 0) is 16.1 Å². The van der Waals surface area contributed by atoms with Crippen molar-refractivity contribution in [2.75, 3.05) is 6.54 Å². The second-order valence-corrected chi connectivity index (χ2v) is 6.16. The second kappa shape index (κ2) is 8.18. The predicted molar refractivity (Wildman–Crippen MR) is 87.6 cm³/mol. The number of rotatable bonds is 5. The highest BCUT2D eigenvalue weighted by atomic mass is 35.5. The zero-order chi connectivity index (χ0) is 15.9. The number of piperidine rings is 1. The molecule has 1 fully saturated rings. The van der Waals surface area contributed by atoms with Gasteiger partial charge in [0.15, 0.2) is 0 Å². The molecule has 1 atom stereocenters. The second-order valence-electron chi connectivity index (χ2n) is 5.72. The molecule has 0 saturated carbocycles. The fraction of sp³-hybridized carbons (Fsp3) is 0.529. The van der Waals surface area contributed by atoms with Gasteiger partial charge < -0.3 is 10.2 Å². The Kier molecular flexibility index (Phi) is 6.25. The Morgan fingerprint density at radius 3 is 2.68 bits per heavy atom. The summed E-state index contributed by atoms with van der Waals surface area (Å²) in [5.74, 6) is -0.277.